The fourth-order valence-corrected chi connectivity index (χ4v) is 4.68. The molecule has 9 nitrogen and oxygen atoms in total. The third-order valence-corrected chi connectivity index (χ3v) is 7.32. The number of aliphatic hydroxyl groups excluding tert-OH is 4. The van der Waals surface area contributed by atoms with Crippen molar-refractivity contribution in [2.45, 2.75) is 147 Å². The number of aliphatic hydroxyl groups is 4. The van der Waals surface area contributed by atoms with Crippen molar-refractivity contribution in [2.24, 2.45) is 0 Å². The van der Waals surface area contributed by atoms with E-state index in [1.165, 1.54) is 19.3 Å². The summed E-state index contributed by atoms with van der Waals surface area (Å²) in [6, 6.07) is 0. The van der Waals surface area contributed by atoms with Crippen molar-refractivity contribution in [1.29, 1.82) is 0 Å². The van der Waals surface area contributed by atoms with Crippen molar-refractivity contribution in [3.63, 3.8) is 0 Å². The van der Waals surface area contributed by atoms with Crippen LogP contribution in [0.4, 0.5) is 0 Å². The van der Waals surface area contributed by atoms with Gasteiger partial charge >= 0.3 is 5.97 Å². The molecule has 1 saturated heterocycles. The first-order chi connectivity index (χ1) is 20.9. The molecular weight excluding hydrogens is 552 g/mol. The van der Waals surface area contributed by atoms with E-state index in [0.29, 0.717) is 13.0 Å². The molecule has 1 fully saturated rings. The largest absolute Gasteiger partial charge is 0.457 e. The first-order valence-corrected chi connectivity index (χ1v) is 16.6. The lowest BCUT2D eigenvalue weighted by atomic mass is 9.99. The molecule has 1 heterocycles. The normalized spacial score (nSPS) is 23.5. The summed E-state index contributed by atoms with van der Waals surface area (Å²) < 4.78 is 22.5. The highest BCUT2D eigenvalue weighted by Gasteiger charge is 2.44. The third kappa shape index (κ3) is 19.4. The molecule has 250 valence electrons. The van der Waals surface area contributed by atoms with Gasteiger partial charge in [0.25, 0.3) is 0 Å². The standard InChI is InChI=1S/C34H60O9/c1-3-5-7-9-11-12-13-14-15-16-17-18-20-22-24-40-26-28(42-30(36)23-21-19-10-8-6-4-2)27-41-34-33(39)32(38)31(37)29(25-35)43-34/h5,7,11-12,14-15,28-29,31-35,37-39H,3-4,6,8-10,13,16-27H2,1-2H3/b7-5-,12-11-,15-14-. The second-order valence-electron chi connectivity index (χ2n) is 11.2. The second-order valence-corrected chi connectivity index (χ2v) is 11.2. The summed E-state index contributed by atoms with van der Waals surface area (Å²) in [6.07, 6.45) is 20.6. The minimum absolute atomic E-state index is 0.123. The summed E-state index contributed by atoms with van der Waals surface area (Å²) in [4.78, 5) is 12.5. The number of esters is 1. The molecule has 0 aromatic heterocycles. The number of ether oxygens (including phenoxy) is 4. The summed E-state index contributed by atoms with van der Waals surface area (Å²) in [5.74, 6) is -0.335. The average molecular weight is 613 g/mol. The first kappa shape index (κ1) is 39.4. The molecular formula is C34H60O9. The van der Waals surface area contributed by atoms with Crippen LogP contribution < -0.4 is 0 Å². The van der Waals surface area contributed by atoms with Crippen molar-refractivity contribution in [1.82, 2.24) is 0 Å². The zero-order chi connectivity index (χ0) is 31.5. The molecule has 1 aliphatic heterocycles. The number of carbonyl (C=O) groups excluding carboxylic acids is 1. The molecule has 9 heteroatoms. The van der Waals surface area contributed by atoms with Crippen LogP contribution in [0.3, 0.4) is 0 Å². The van der Waals surface area contributed by atoms with E-state index in [-0.39, 0.29) is 19.2 Å². The summed E-state index contributed by atoms with van der Waals surface area (Å²) in [7, 11) is 0. The number of unbranched alkanes of at least 4 members (excludes halogenated alkanes) is 9. The Morgan fingerprint density at radius 2 is 1.42 bits per heavy atom. The number of hydrogen-bond acceptors (Lipinski definition) is 9. The summed E-state index contributed by atoms with van der Waals surface area (Å²) >= 11 is 0. The molecule has 43 heavy (non-hydrogen) atoms. The second kappa shape index (κ2) is 26.8. The van der Waals surface area contributed by atoms with Gasteiger partial charge in [0, 0.05) is 13.0 Å². The predicted molar refractivity (Wildman–Crippen MR) is 168 cm³/mol. The van der Waals surface area contributed by atoms with Crippen molar-refractivity contribution in [3.05, 3.63) is 36.5 Å². The van der Waals surface area contributed by atoms with Gasteiger partial charge in [0.1, 0.15) is 30.5 Å². The summed E-state index contributed by atoms with van der Waals surface area (Å²) in [5, 5.41) is 39.7. The average Bonchev–Trinajstić information content (AvgIpc) is 3.00. The van der Waals surface area contributed by atoms with Crippen molar-refractivity contribution < 1.29 is 44.2 Å². The van der Waals surface area contributed by atoms with Crippen molar-refractivity contribution >= 4 is 5.97 Å². The lowest BCUT2D eigenvalue weighted by molar-refractivity contribution is -0.305. The number of allylic oxidation sites excluding steroid dienone is 6. The van der Waals surface area contributed by atoms with Gasteiger partial charge in [0.15, 0.2) is 6.29 Å². The van der Waals surface area contributed by atoms with Gasteiger partial charge in [-0.05, 0) is 44.9 Å². The Labute approximate surface area is 260 Å². The van der Waals surface area contributed by atoms with Gasteiger partial charge in [-0.1, -0.05) is 95.2 Å². The van der Waals surface area contributed by atoms with Crippen LogP contribution in [0.1, 0.15) is 110 Å². The van der Waals surface area contributed by atoms with Crippen molar-refractivity contribution in [2.75, 3.05) is 26.4 Å². The Morgan fingerprint density at radius 3 is 2.14 bits per heavy atom. The third-order valence-electron chi connectivity index (χ3n) is 7.32. The maximum Gasteiger partial charge on any atom is 0.306 e. The molecule has 6 atom stereocenters. The maximum absolute atomic E-state index is 12.5. The topological polar surface area (TPSA) is 135 Å². The monoisotopic (exact) mass is 612 g/mol. The molecule has 0 aromatic carbocycles. The summed E-state index contributed by atoms with van der Waals surface area (Å²) in [5.41, 5.74) is 0. The first-order valence-electron chi connectivity index (χ1n) is 16.6. The van der Waals surface area contributed by atoms with Gasteiger partial charge in [-0.15, -0.1) is 0 Å². The Balaban J connectivity index is 2.37. The molecule has 4 N–H and O–H groups in total. The lowest BCUT2D eigenvalue weighted by Gasteiger charge is -2.39. The van der Waals surface area contributed by atoms with Crippen LogP contribution in [0.2, 0.25) is 0 Å². The molecule has 1 rings (SSSR count). The van der Waals surface area contributed by atoms with Gasteiger partial charge in [-0.25, -0.2) is 0 Å². The highest BCUT2D eigenvalue weighted by Crippen LogP contribution is 2.22. The molecule has 0 spiro atoms. The number of hydrogen-bond donors (Lipinski definition) is 4. The van der Waals surface area contributed by atoms with E-state index < -0.39 is 43.4 Å². The van der Waals surface area contributed by atoms with Gasteiger partial charge in [0.05, 0.1) is 19.8 Å². The maximum atomic E-state index is 12.5. The van der Waals surface area contributed by atoms with Crippen LogP contribution in [0, 0.1) is 0 Å². The fourth-order valence-electron chi connectivity index (χ4n) is 4.68. The summed E-state index contributed by atoms with van der Waals surface area (Å²) in [6.45, 7) is 4.29. The highest BCUT2D eigenvalue weighted by atomic mass is 16.7. The number of carbonyl (C=O) groups is 1. The van der Waals surface area contributed by atoms with Crippen LogP contribution in [0.5, 0.6) is 0 Å². The van der Waals surface area contributed by atoms with E-state index in [0.717, 1.165) is 70.6 Å². The van der Waals surface area contributed by atoms with Crippen LogP contribution >= 0.6 is 0 Å². The molecule has 0 saturated carbocycles. The molecule has 0 aliphatic carbocycles. The smallest absolute Gasteiger partial charge is 0.306 e. The Kier molecular flexibility index (Phi) is 24.6. The Hall–Kier alpha value is -1.59. The predicted octanol–water partition coefficient (Wildman–Crippen LogP) is 5.29. The number of rotatable bonds is 26. The molecule has 0 amide bonds. The molecule has 1 aliphatic rings. The van der Waals surface area contributed by atoms with Gasteiger partial charge < -0.3 is 39.4 Å². The molecule has 0 radical (unpaired) electrons. The van der Waals surface area contributed by atoms with E-state index >= 15 is 0 Å². The zero-order valence-electron chi connectivity index (χ0n) is 26.7. The Bertz CT molecular complexity index is 752. The minimum atomic E-state index is -1.54. The van der Waals surface area contributed by atoms with E-state index in [4.69, 9.17) is 18.9 Å². The zero-order valence-corrected chi connectivity index (χ0v) is 26.7. The quantitative estimate of drug-likeness (QED) is 0.0584. The van der Waals surface area contributed by atoms with E-state index in [1.54, 1.807) is 0 Å². The van der Waals surface area contributed by atoms with E-state index in [1.807, 2.05) is 0 Å². The Morgan fingerprint density at radius 1 is 0.767 bits per heavy atom. The molecule has 0 aromatic rings. The molecule has 0 bridgehead atoms. The fraction of sp³-hybridized carbons (Fsp3) is 0.794. The van der Waals surface area contributed by atoms with Crippen LogP contribution in [0.25, 0.3) is 0 Å². The van der Waals surface area contributed by atoms with Crippen molar-refractivity contribution in [3.8, 4) is 0 Å². The van der Waals surface area contributed by atoms with E-state index in [9.17, 15) is 25.2 Å². The lowest BCUT2D eigenvalue weighted by Crippen LogP contribution is -2.59. The van der Waals surface area contributed by atoms with Crippen LogP contribution in [0.15, 0.2) is 36.5 Å². The van der Waals surface area contributed by atoms with Gasteiger partial charge in [-0.3, -0.25) is 4.79 Å². The SMILES string of the molecule is CC/C=C\C/C=C\C/C=C\CCCCCCOCC(COC1OC(CO)C(O)C(O)C1O)OC(=O)CCCCCCCC. The van der Waals surface area contributed by atoms with Gasteiger partial charge in [-0.2, -0.15) is 0 Å². The van der Waals surface area contributed by atoms with Crippen LogP contribution in [-0.4, -0.2) is 89.6 Å². The minimum Gasteiger partial charge on any atom is -0.457 e. The van der Waals surface area contributed by atoms with Crippen LogP contribution in [-0.2, 0) is 23.7 Å². The molecule has 6 unspecified atom stereocenters. The van der Waals surface area contributed by atoms with Gasteiger partial charge in [0.2, 0.25) is 0 Å². The van der Waals surface area contributed by atoms with E-state index in [2.05, 4.69) is 50.3 Å². The highest BCUT2D eigenvalue weighted by molar-refractivity contribution is 5.69.